The first-order valence-corrected chi connectivity index (χ1v) is 46.9. The minimum atomic E-state index is -0.446. The molecule has 2 aromatic heterocycles. The molecule has 0 bridgehead atoms. The number of hydrogen-bond acceptors (Lipinski definition) is 7. The van der Waals surface area contributed by atoms with Crippen molar-refractivity contribution in [2.45, 2.75) is 91.4 Å². The van der Waals surface area contributed by atoms with E-state index in [4.69, 9.17) is 38.9 Å². The van der Waals surface area contributed by atoms with Gasteiger partial charge in [0.2, 0.25) is 0 Å². The Labute approximate surface area is 770 Å². The molecule has 0 amide bonds. The topological polar surface area (TPSA) is 113 Å². The molecule has 16 heteroatoms. The molecule has 2 saturated carbocycles. The van der Waals surface area contributed by atoms with Gasteiger partial charge in [0.15, 0.2) is 0 Å². The third-order valence-corrected chi connectivity index (χ3v) is 31.8. The van der Waals surface area contributed by atoms with Crippen molar-refractivity contribution in [1.82, 2.24) is 28.9 Å². The molecule has 123 heavy (non-hydrogen) atoms. The first-order chi connectivity index (χ1) is 59.0. The molecule has 14 aromatic carbocycles. The smallest absolute Gasteiger partial charge is 0.512 e. The number of nitrogens with zero attached hydrogens (tertiary/aromatic N) is 9. The van der Waals surface area contributed by atoms with Gasteiger partial charge in [0, 0.05) is 89.1 Å². The fraction of sp³-hybridized carbons (Fsp3) is 0.168. The molecular formula is C107H104BrN9P4PdZn. The van der Waals surface area contributed by atoms with Gasteiger partial charge < -0.3 is 32.8 Å². The SMILES string of the molecule is Brc1ccc2nc3n(c2c1)CCN(C1CCC1)CC3.C.C.N#Cc1ccc2nc3n(c2c1)CCN(C1CCC1)CC3.[C-]#N.[C-]#N.[Pd].[Zn+2].c1ccc(P(c2ccccc2)c2ccccc2)cc1.c1ccc(P(c2ccccc2)c2ccccc2)cc1.c1ccc(P(c2ccccc2)c2ccccc2)cc1.c1ccc(P(c2ccccc2)c2ccccc2)cc1. The molecule has 2 aliphatic heterocycles. The number of fused-ring (bicyclic) bond motifs is 6. The van der Waals surface area contributed by atoms with Crippen molar-refractivity contribution in [1.29, 1.82) is 15.8 Å². The van der Waals surface area contributed by atoms with Crippen LogP contribution >= 0.6 is 47.6 Å². The van der Waals surface area contributed by atoms with Crippen LogP contribution in [0.3, 0.4) is 0 Å². The summed E-state index contributed by atoms with van der Waals surface area (Å²) in [5, 5.41) is 38.3. The van der Waals surface area contributed by atoms with E-state index in [9.17, 15) is 0 Å². The van der Waals surface area contributed by atoms with Crippen molar-refractivity contribution in [3.05, 3.63) is 435 Å². The zero-order valence-electron chi connectivity index (χ0n) is 67.9. The van der Waals surface area contributed by atoms with Gasteiger partial charge in [0.1, 0.15) is 11.6 Å². The Kier molecular flexibility index (Phi) is 40.8. The van der Waals surface area contributed by atoms with Crippen LogP contribution in [-0.2, 0) is 65.8 Å². The monoisotopic (exact) mass is 1890 g/mol. The van der Waals surface area contributed by atoms with Crippen molar-refractivity contribution in [2.24, 2.45) is 0 Å². The molecule has 2 aliphatic carbocycles. The van der Waals surface area contributed by atoms with Gasteiger partial charge in [-0.2, -0.15) is 5.26 Å². The summed E-state index contributed by atoms with van der Waals surface area (Å²) >= 11 is 3.57. The maximum absolute atomic E-state index is 9.06. The third kappa shape index (κ3) is 26.5. The van der Waals surface area contributed by atoms with E-state index >= 15 is 0 Å². The van der Waals surface area contributed by atoms with Gasteiger partial charge in [-0.25, -0.2) is 9.97 Å². The number of nitriles is 1. The molecule has 0 unspecified atom stereocenters. The Morgan fingerprint density at radius 2 is 0.504 bits per heavy atom. The van der Waals surface area contributed by atoms with Gasteiger partial charge >= 0.3 is 19.5 Å². The average molecular weight is 1890 g/mol. The molecule has 2 fully saturated rings. The number of aromatic nitrogens is 4. The van der Waals surface area contributed by atoms with E-state index < -0.39 is 31.7 Å². The number of benzene rings is 14. The number of rotatable bonds is 14. The second-order valence-electron chi connectivity index (χ2n) is 28.9. The van der Waals surface area contributed by atoms with E-state index in [1.165, 1.54) is 132 Å². The van der Waals surface area contributed by atoms with Crippen LogP contribution in [0.5, 0.6) is 0 Å². The molecule has 0 saturated heterocycles. The quantitative estimate of drug-likeness (QED) is 0.0605. The maximum Gasteiger partial charge on any atom is 2.00 e. The van der Waals surface area contributed by atoms with Crippen molar-refractivity contribution < 1.29 is 39.9 Å². The van der Waals surface area contributed by atoms with Crippen LogP contribution < -0.4 is 63.7 Å². The van der Waals surface area contributed by atoms with Crippen molar-refractivity contribution in [3.8, 4) is 6.07 Å². The minimum absolute atomic E-state index is 0. The van der Waals surface area contributed by atoms with Crippen LogP contribution in [0.1, 0.15) is 70.6 Å². The maximum atomic E-state index is 9.06. The van der Waals surface area contributed by atoms with Crippen LogP contribution in [0.25, 0.3) is 22.1 Å². The van der Waals surface area contributed by atoms with E-state index in [0.29, 0.717) is 0 Å². The summed E-state index contributed by atoms with van der Waals surface area (Å²) in [6.45, 7) is 16.2. The molecule has 20 rings (SSSR count). The van der Waals surface area contributed by atoms with Gasteiger partial charge in [-0.3, -0.25) is 9.80 Å². The normalized spacial score (nSPS) is 13.1. The third-order valence-electron chi connectivity index (χ3n) is 21.6. The summed E-state index contributed by atoms with van der Waals surface area (Å²) in [4.78, 5) is 14.9. The van der Waals surface area contributed by atoms with E-state index in [0.717, 1.165) is 77.7 Å². The van der Waals surface area contributed by atoms with Crippen LogP contribution in [0, 0.1) is 35.0 Å². The number of imidazole rings is 2. The van der Waals surface area contributed by atoms with Crippen molar-refractivity contribution in [2.75, 3.05) is 26.2 Å². The molecule has 0 radical (unpaired) electrons. The summed E-state index contributed by atoms with van der Waals surface area (Å²) in [6, 6.07) is 145. The van der Waals surface area contributed by atoms with Gasteiger partial charge in [-0.1, -0.05) is 408 Å². The summed E-state index contributed by atoms with van der Waals surface area (Å²) in [6.07, 6.45) is 10.4. The van der Waals surface area contributed by atoms with Crippen LogP contribution in [-0.4, -0.2) is 67.2 Å². The zero-order chi connectivity index (χ0) is 82.0. The second-order valence-corrected chi connectivity index (χ2v) is 38.7. The van der Waals surface area contributed by atoms with Gasteiger partial charge in [0.25, 0.3) is 0 Å². The van der Waals surface area contributed by atoms with E-state index in [1.54, 1.807) is 0 Å². The number of halogens is 1. The van der Waals surface area contributed by atoms with Crippen LogP contribution in [0.4, 0.5) is 0 Å². The fourth-order valence-electron chi connectivity index (χ4n) is 15.4. The number of hydrogen-bond donors (Lipinski definition) is 0. The van der Waals surface area contributed by atoms with Crippen LogP contribution in [0.15, 0.2) is 405 Å². The molecular weight excluding hydrogens is 1790 g/mol. The molecule has 16 aromatic rings. The Morgan fingerprint density at radius 1 is 0.293 bits per heavy atom. The molecule has 0 spiro atoms. The van der Waals surface area contributed by atoms with E-state index in [2.05, 4.69) is 423 Å². The van der Waals surface area contributed by atoms with Gasteiger partial charge in [0.05, 0.1) is 33.7 Å². The van der Waals surface area contributed by atoms with Gasteiger partial charge in [-0.15, -0.1) is 0 Å². The molecule has 0 atom stereocenters. The molecule has 9 nitrogen and oxygen atoms in total. The largest absolute Gasteiger partial charge is 2.00 e. The Balaban J connectivity index is 0.000000165. The van der Waals surface area contributed by atoms with E-state index in [1.807, 2.05) is 18.2 Å². The summed E-state index contributed by atoms with van der Waals surface area (Å²) in [7, 11) is -1.78. The van der Waals surface area contributed by atoms with Gasteiger partial charge in [-0.05, 0) is 157 Å². The average Bonchev–Trinajstić information content (AvgIpc) is 1.63. The predicted molar refractivity (Wildman–Crippen MR) is 522 cm³/mol. The second kappa shape index (κ2) is 51.9. The Hall–Kier alpha value is -10.1. The molecule has 4 aliphatic rings. The standard InChI is InChI=1S/4C18H15P.C16H18N4.C15H18BrN3.2CN.2CH4.Pd.Zn/c4*1-4-10-16(11-5-1)19(17-12-6-2-7-13-17)18-14-8-3-9-15-18;17-11-12-4-5-14-15(10-12)20-9-8-19(13-2-1-3-13)7-6-16(20)18-14;16-11-4-5-13-14(10-11)19-9-8-18(12-2-1-3-12)7-6-15(19)17-13;2*1-2;;;;/h4*1-15H;4-5,10,13H,1-3,6-9H2;4-5,10,12H,1-3,6-9H2;;;2*1H4;;/q;;;;;;2*-1;;;;+2. The minimum Gasteiger partial charge on any atom is -0.512 e. The van der Waals surface area contributed by atoms with Crippen molar-refractivity contribution in [3.63, 3.8) is 0 Å². The van der Waals surface area contributed by atoms with E-state index in [-0.39, 0.29) is 54.8 Å². The summed E-state index contributed by atoms with van der Waals surface area (Å²) in [5.41, 5.74) is 5.28. The predicted octanol–water partition coefficient (Wildman–Crippen LogP) is 20.8. The zero-order valence-corrected chi connectivity index (χ0v) is 77.6. The molecule has 4 heterocycles. The summed E-state index contributed by atoms with van der Waals surface area (Å²) < 4.78 is 5.87. The fourth-order valence-corrected chi connectivity index (χ4v) is 25.0. The Bertz CT molecular complexity index is 4900. The summed E-state index contributed by atoms with van der Waals surface area (Å²) in [5.74, 6) is 2.44. The molecule has 0 N–H and O–H groups in total. The molecule has 616 valence electrons. The van der Waals surface area contributed by atoms with Crippen LogP contribution in [0.2, 0.25) is 0 Å². The first kappa shape index (κ1) is 96.7. The Morgan fingerprint density at radius 3 is 0.707 bits per heavy atom. The first-order valence-electron chi connectivity index (χ1n) is 40.7. The van der Waals surface area contributed by atoms with Crippen molar-refractivity contribution >= 4 is 133 Å².